The minimum absolute atomic E-state index is 0.0147. The Morgan fingerprint density at radius 1 is 1.42 bits per heavy atom. The molecule has 0 spiro atoms. The van der Waals surface area contributed by atoms with Crippen molar-refractivity contribution in [3.05, 3.63) is 46.4 Å². The molecule has 0 radical (unpaired) electrons. The van der Waals surface area contributed by atoms with Gasteiger partial charge in [-0.05, 0) is 24.1 Å². The molecule has 2 rings (SSSR count). The lowest BCUT2D eigenvalue weighted by atomic mass is 9.94. The summed E-state index contributed by atoms with van der Waals surface area (Å²) in [6, 6.07) is 7.45. The fourth-order valence-corrected chi connectivity index (χ4v) is 2.57. The van der Waals surface area contributed by atoms with E-state index in [0.717, 1.165) is 18.4 Å². The zero-order chi connectivity index (χ0) is 13.7. The highest BCUT2D eigenvalue weighted by Gasteiger charge is 2.20. The van der Waals surface area contributed by atoms with Crippen molar-refractivity contribution in [1.29, 1.82) is 0 Å². The molecule has 0 saturated carbocycles. The van der Waals surface area contributed by atoms with Gasteiger partial charge in [0.1, 0.15) is 0 Å². The largest absolute Gasteiger partial charge is 0.301 e. The van der Waals surface area contributed by atoms with Crippen molar-refractivity contribution in [3.8, 4) is 0 Å². The van der Waals surface area contributed by atoms with E-state index in [0.29, 0.717) is 10.2 Å². The van der Waals surface area contributed by atoms with Crippen LogP contribution in [-0.2, 0) is 4.79 Å². The molecule has 0 aliphatic carbocycles. The van der Waals surface area contributed by atoms with Crippen LogP contribution < -0.4 is 5.32 Å². The standard InChI is InChI=1S/C14H15ClN2OS/c1-2-3-12(10-4-6-11(15)7-5-10)13(18)17-14-16-8-9-19-14/h4-9,12H,2-3H2,1H3,(H,16,17,18)/t12-/m0/s1. The first kappa shape index (κ1) is 14.0. The third-order valence-corrected chi connectivity index (χ3v) is 3.77. The van der Waals surface area contributed by atoms with Crippen LogP contribution in [0.2, 0.25) is 5.02 Å². The zero-order valence-corrected chi connectivity index (χ0v) is 12.2. The van der Waals surface area contributed by atoms with E-state index in [2.05, 4.69) is 17.2 Å². The molecule has 0 bridgehead atoms. The lowest BCUT2D eigenvalue weighted by Gasteiger charge is -2.15. The molecule has 0 aliphatic heterocycles. The van der Waals surface area contributed by atoms with Crippen LogP contribution in [0, 0.1) is 0 Å². The number of thiazole rings is 1. The van der Waals surface area contributed by atoms with E-state index in [1.807, 2.05) is 29.6 Å². The Hall–Kier alpha value is -1.39. The number of nitrogens with one attached hydrogen (secondary N) is 1. The molecule has 1 amide bonds. The van der Waals surface area contributed by atoms with Crippen LogP contribution in [0.25, 0.3) is 0 Å². The van der Waals surface area contributed by atoms with Crippen LogP contribution in [0.3, 0.4) is 0 Å². The Bertz CT molecular complexity index is 525. The second kappa shape index (κ2) is 6.68. The predicted molar refractivity (Wildman–Crippen MR) is 79.8 cm³/mol. The van der Waals surface area contributed by atoms with Gasteiger partial charge in [0, 0.05) is 16.6 Å². The molecule has 2 aromatic rings. The van der Waals surface area contributed by atoms with Gasteiger partial charge in [0.05, 0.1) is 5.92 Å². The van der Waals surface area contributed by atoms with Gasteiger partial charge in [-0.15, -0.1) is 11.3 Å². The first-order valence-electron chi connectivity index (χ1n) is 6.16. The fourth-order valence-electron chi connectivity index (χ4n) is 1.91. The van der Waals surface area contributed by atoms with Crippen molar-refractivity contribution < 1.29 is 4.79 Å². The number of carbonyl (C=O) groups is 1. The van der Waals surface area contributed by atoms with E-state index in [4.69, 9.17) is 11.6 Å². The first-order valence-corrected chi connectivity index (χ1v) is 7.42. The van der Waals surface area contributed by atoms with E-state index in [1.165, 1.54) is 11.3 Å². The second-order valence-corrected chi connectivity index (χ2v) is 5.55. The molecule has 1 aromatic heterocycles. The van der Waals surface area contributed by atoms with Crippen molar-refractivity contribution in [1.82, 2.24) is 4.98 Å². The Morgan fingerprint density at radius 2 is 2.16 bits per heavy atom. The normalized spacial score (nSPS) is 12.1. The quantitative estimate of drug-likeness (QED) is 0.892. The molecule has 0 saturated heterocycles. The summed E-state index contributed by atoms with van der Waals surface area (Å²) in [7, 11) is 0. The molecular weight excluding hydrogens is 280 g/mol. The predicted octanol–water partition coefficient (Wildman–Crippen LogP) is 4.32. The number of benzene rings is 1. The van der Waals surface area contributed by atoms with Gasteiger partial charge in [-0.2, -0.15) is 0 Å². The maximum Gasteiger partial charge on any atom is 0.233 e. The molecule has 1 aromatic carbocycles. The molecule has 0 unspecified atom stereocenters. The summed E-state index contributed by atoms with van der Waals surface area (Å²) < 4.78 is 0. The Balaban J connectivity index is 2.14. The van der Waals surface area contributed by atoms with Crippen molar-refractivity contribution >= 4 is 34.0 Å². The SMILES string of the molecule is CCC[C@H](C(=O)Nc1nccs1)c1ccc(Cl)cc1. The number of nitrogens with zero attached hydrogens (tertiary/aromatic N) is 1. The molecule has 1 atom stereocenters. The number of halogens is 1. The van der Waals surface area contributed by atoms with Crippen LogP contribution >= 0.6 is 22.9 Å². The van der Waals surface area contributed by atoms with E-state index >= 15 is 0 Å². The minimum Gasteiger partial charge on any atom is -0.301 e. The topological polar surface area (TPSA) is 42.0 Å². The van der Waals surface area contributed by atoms with Gasteiger partial charge in [-0.3, -0.25) is 4.79 Å². The monoisotopic (exact) mass is 294 g/mol. The molecule has 100 valence electrons. The van der Waals surface area contributed by atoms with Gasteiger partial charge in [0.25, 0.3) is 0 Å². The summed E-state index contributed by atoms with van der Waals surface area (Å²) in [5, 5.41) is 6.01. The highest BCUT2D eigenvalue weighted by atomic mass is 35.5. The van der Waals surface area contributed by atoms with E-state index in [1.54, 1.807) is 6.20 Å². The molecule has 5 heteroatoms. The summed E-state index contributed by atoms with van der Waals surface area (Å²) >= 11 is 7.30. The van der Waals surface area contributed by atoms with Crippen molar-refractivity contribution in [2.24, 2.45) is 0 Å². The van der Waals surface area contributed by atoms with Crippen LogP contribution in [0.4, 0.5) is 5.13 Å². The van der Waals surface area contributed by atoms with E-state index in [9.17, 15) is 4.79 Å². The van der Waals surface area contributed by atoms with Gasteiger partial charge in [-0.1, -0.05) is 37.1 Å². The Morgan fingerprint density at radius 3 is 2.74 bits per heavy atom. The summed E-state index contributed by atoms with van der Waals surface area (Å²) in [6.45, 7) is 2.07. The third-order valence-electron chi connectivity index (χ3n) is 2.83. The van der Waals surface area contributed by atoms with Crippen LogP contribution in [0.15, 0.2) is 35.8 Å². The third kappa shape index (κ3) is 3.78. The number of hydrogen-bond donors (Lipinski definition) is 1. The van der Waals surface area contributed by atoms with Gasteiger partial charge in [0.15, 0.2) is 5.13 Å². The van der Waals surface area contributed by atoms with E-state index < -0.39 is 0 Å². The van der Waals surface area contributed by atoms with Gasteiger partial charge in [-0.25, -0.2) is 4.98 Å². The maximum absolute atomic E-state index is 12.3. The molecule has 0 aliphatic rings. The number of aromatic nitrogens is 1. The van der Waals surface area contributed by atoms with Crippen molar-refractivity contribution in [3.63, 3.8) is 0 Å². The smallest absolute Gasteiger partial charge is 0.233 e. The first-order chi connectivity index (χ1) is 9.20. The van der Waals surface area contributed by atoms with Gasteiger partial charge < -0.3 is 5.32 Å². The lowest BCUT2D eigenvalue weighted by molar-refractivity contribution is -0.117. The average Bonchev–Trinajstić information content (AvgIpc) is 2.90. The lowest BCUT2D eigenvalue weighted by Crippen LogP contribution is -2.21. The van der Waals surface area contributed by atoms with Crippen LogP contribution in [-0.4, -0.2) is 10.9 Å². The minimum atomic E-state index is -0.161. The Labute approximate surface area is 121 Å². The summed E-state index contributed by atoms with van der Waals surface area (Å²) in [5.41, 5.74) is 0.986. The number of hydrogen-bond acceptors (Lipinski definition) is 3. The molecule has 1 N–H and O–H groups in total. The van der Waals surface area contributed by atoms with Crippen LogP contribution in [0.5, 0.6) is 0 Å². The van der Waals surface area contributed by atoms with Crippen molar-refractivity contribution in [2.45, 2.75) is 25.7 Å². The van der Waals surface area contributed by atoms with E-state index in [-0.39, 0.29) is 11.8 Å². The van der Waals surface area contributed by atoms with Crippen molar-refractivity contribution in [2.75, 3.05) is 5.32 Å². The fraction of sp³-hybridized carbons (Fsp3) is 0.286. The number of amides is 1. The average molecular weight is 295 g/mol. The number of carbonyl (C=O) groups excluding carboxylic acids is 1. The number of rotatable bonds is 5. The maximum atomic E-state index is 12.3. The van der Waals surface area contributed by atoms with Crippen LogP contribution in [0.1, 0.15) is 31.2 Å². The molecule has 19 heavy (non-hydrogen) atoms. The zero-order valence-electron chi connectivity index (χ0n) is 10.6. The summed E-state index contributed by atoms with van der Waals surface area (Å²) in [5.74, 6) is -0.176. The second-order valence-electron chi connectivity index (χ2n) is 4.22. The molecule has 0 fully saturated rings. The molecule has 3 nitrogen and oxygen atoms in total. The van der Waals surface area contributed by atoms with Gasteiger partial charge >= 0.3 is 0 Å². The summed E-state index contributed by atoms with van der Waals surface area (Å²) in [4.78, 5) is 16.4. The highest BCUT2D eigenvalue weighted by molar-refractivity contribution is 7.13. The summed E-state index contributed by atoms with van der Waals surface area (Å²) in [6.07, 6.45) is 3.43. The molecule has 1 heterocycles. The molecular formula is C14H15ClN2OS. The van der Waals surface area contributed by atoms with Gasteiger partial charge in [0.2, 0.25) is 5.91 Å². The Kier molecular flexibility index (Phi) is 4.93. The number of anilines is 1. The highest BCUT2D eigenvalue weighted by Crippen LogP contribution is 2.25.